The van der Waals surface area contributed by atoms with Gasteiger partial charge in [-0.15, -0.1) is 0 Å². The molecule has 0 atom stereocenters. The molecule has 0 bridgehead atoms. The van der Waals surface area contributed by atoms with E-state index in [1.54, 1.807) is 12.1 Å². The Morgan fingerprint density at radius 1 is 0.960 bits per heavy atom. The lowest BCUT2D eigenvalue weighted by Gasteiger charge is -2.28. The molecule has 1 aliphatic heterocycles. The number of benzene rings is 2. The number of nitrogens with zero attached hydrogens (tertiary/aromatic N) is 1. The zero-order chi connectivity index (χ0) is 17.6. The Hall–Kier alpha value is -2.40. The predicted molar refractivity (Wildman–Crippen MR) is 107 cm³/mol. The van der Waals surface area contributed by atoms with Crippen LogP contribution in [0.15, 0.2) is 48.5 Å². The van der Waals surface area contributed by atoms with E-state index in [1.807, 2.05) is 31.2 Å². The van der Waals surface area contributed by atoms with Crippen LogP contribution in [-0.2, 0) is 0 Å². The van der Waals surface area contributed by atoms with Crippen molar-refractivity contribution in [2.45, 2.75) is 26.2 Å². The Kier molecular flexibility index (Phi) is 5.66. The van der Waals surface area contributed by atoms with Crippen molar-refractivity contribution in [3.63, 3.8) is 0 Å². The van der Waals surface area contributed by atoms with Crippen molar-refractivity contribution in [3.8, 4) is 0 Å². The summed E-state index contributed by atoms with van der Waals surface area (Å²) in [6.07, 6.45) is 3.84. The van der Waals surface area contributed by atoms with E-state index in [1.165, 1.54) is 24.9 Å². The fourth-order valence-corrected chi connectivity index (χ4v) is 3.16. The molecular weight excluding hydrogens is 330 g/mol. The second kappa shape index (κ2) is 8.12. The van der Waals surface area contributed by atoms with Crippen molar-refractivity contribution in [1.82, 2.24) is 5.32 Å². The summed E-state index contributed by atoms with van der Waals surface area (Å²) in [5.74, 6) is -0.206. The van der Waals surface area contributed by atoms with Crippen LogP contribution < -0.4 is 15.5 Å². The summed E-state index contributed by atoms with van der Waals surface area (Å²) < 4.78 is 0. The van der Waals surface area contributed by atoms with Crippen molar-refractivity contribution in [1.29, 1.82) is 0 Å². The van der Waals surface area contributed by atoms with Gasteiger partial charge in [0.1, 0.15) is 0 Å². The standard InChI is InChI=1S/C20H23N3OS/c1-15-5-7-16(8-6-15)19(24)22-20(25)21-17-9-11-18(12-10-17)23-13-3-2-4-14-23/h5-12H,2-4,13-14H2,1H3,(H2,21,22,24,25). The van der Waals surface area contributed by atoms with Gasteiger partial charge < -0.3 is 10.2 Å². The highest BCUT2D eigenvalue weighted by Crippen LogP contribution is 2.21. The molecule has 130 valence electrons. The van der Waals surface area contributed by atoms with Crippen LogP contribution >= 0.6 is 12.2 Å². The van der Waals surface area contributed by atoms with E-state index in [9.17, 15) is 4.79 Å². The second-order valence-electron chi connectivity index (χ2n) is 6.37. The maximum Gasteiger partial charge on any atom is 0.257 e. The van der Waals surface area contributed by atoms with Crippen molar-refractivity contribution in [2.24, 2.45) is 0 Å². The lowest BCUT2D eigenvalue weighted by Crippen LogP contribution is -2.34. The minimum absolute atomic E-state index is 0.206. The Morgan fingerprint density at radius 3 is 2.24 bits per heavy atom. The summed E-state index contributed by atoms with van der Waals surface area (Å²) in [5, 5.41) is 6.08. The van der Waals surface area contributed by atoms with Gasteiger partial charge in [-0.2, -0.15) is 0 Å². The molecule has 2 aromatic carbocycles. The van der Waals surface area contributed by atoms with Gasteiger partial charge in [-0.1, -0.05) is 17.7 Å². The SMILES string of the molecule is Cc1ccc(C(=O)NC(=S)Nc2ccc(N3CCCCC3)cc2)cc1. The molecule has 2 aromatic rings. The number of hydrogen-bond acceptors (Lipinski definition) is 3. The molecule has 1 aliphatic rings. The topological polar surface area (TPSA) is 44.4 Å². The van der Waals surface area contributed by atoms with E-state index in [-0.39, 0.29) is 5.91 Å². The summed E-state index contributed by atoms with van der Waals surface area (Å²) in [4.78, 5) is 14.6. The molecule has 0 spiro atoms. The van der Waals surface area contributed by atoms with Crippen LogP contribution in [0.25, 0.3) is 0 Å². The Balaban J connectivity index is 1.55. The first-order valence-electron chi connectivity index (χ1n) is 8.66. The van der Waals surface area contributed by atoms with Gasteiger partial charge in [-0.05, 0) is 74.8 Å². The molecule has 1 fully saturated rings. The Labute approximate surface area is 154 Å². The number of carbonyl (C=O) groups excluding carboxylic acids is 1. The van der Waals surface area contributed by atoms with Gasteiger partial charge in [0.25, 0.3) is 5.91 Å². The van der Waals surface area contributed by atoms with E-state index < -0.39 is 0 Å². The van der Waals surface area contributed by atoms with Crippen molar-refractivity contribution in [2.75, 3.05) is 23.3 Å². The van der Waals surface area contributed by atoms with Crippen molar-refractivity contribution < 1.29 is 4.79 Å². The summed E-state index contributed by atoms with van der Waals surface area (Å²) in [5.41, 5.74) is 3.82. The third kappa shape index (κ3) is 4.79. The molecular formula is C20H23N3OS. The highest BCUT2D eigenvalue weighted by atomic mass is 32.1. The third-order valence-corrected chi connectivity index (χ3v) is 4.59. The molecule has 2 N–H and O–H groups in total. The number of piperidine rings is 1. The number of aryl methyl sites for hydroxylation is 1. The van der Waals surface area contributed by atoms with Crippen LogP contribution in [0.3, 0.4) is 0 Å². The molecule has 0 aliphatic carbocycles. The first kappa shape index (κ1) is 17.4. The Bertz CT molecular complexity index is 735. The van der Waals surface area contributed by atoms with Gasteiger partial charge >= 0.3 is 0 Å². The first-order valence-corrected chi connectivity index (χ1v) is 9.07. The maximum absolute atomic E-state index is 12.2. The van der Waals surface area contributed by atoms with E-state index in [0.717, 1.165) is 24.3 Å². The zero-order valence-electron chi connectivity index (χ0n) is 14.4. The predicted octanol–water partition coefficient (Wildman–Crippen LogP) is 4.11. The highest BCUT2D eigenvalue weighted by Gasteiger charge is 2.11. The number of amides is 1. The van der Waals surface area contributed by atoms with Gasteiger partial charge in [0, 0.05) is 30.0 Å². The molecule has 1 amide bonds. The molecule has 0 radical (unpaired) electrons. The smallest absolute Gasteiger partial charge is 0.257 e. The van der Waals surface area contributed by atoms with Crippen molar-refractivity contribution >= 4 is 34.6 Å². The fourth-order valence-electron chi connectivity index (χ4n) is 2.95. The number of nitrogens with one attached hydrogen (secondary N) is 2. The fraction of sp³-hybridized carbons (Fsp3) is 0.300. The number of thiocarbonyl (C=S) groups is 1. The lowest BCUT2D eigenvalue weighted by atomic mass is 10.1. The van der Waals surface area contributed by atoms with Crippen LogP contribution in [0.5, 0.6) is 0 Å². The molecule has 0 unspecified atom stereocenters. The number of hydrogen-bond donors (Lipinski definition) is 2. The van der Waals surface area contributed by atoms with Gasteiger partial charge in [0.2, 0.25) is 0 Å². The molecule has 3 rings (SSSR count). The van der Waals surface area contributed by atoms with Crippen LogP contribution in [0.2, 0.25) is 0 Å². The largest absolute Gasteiger partial charge is 0.372 e. The van der Waals surface area contributed by atoms with E-state index in [4.69, 9.17) is 12.2 Å². The van der Waals surface area contributed by atoms with E-state index in [0.29, 0.717) is 10.7 Å². The zero-order valence-corrected chi connectivity index (χ0v) is 15.2. The molecule has 1 saturated heterocycles. The molecule has 5 heteroatoms. The van der Waals surface area contributed by atoms with Crippen molar-refractivity contribution in [3.05, 3.63) is 59.7 Å². The van der Waals surface area contributed by atoms with Crippen LogP contribution in [-0.4, -0.2) is 24.1 Å². The van der Waals surface area contributed by atoms with Gasteiger partial charge in [0.15, 0.2) is 5.11 Å². The second-order valence-corrected chi connectivity index (χ2v) is 6.78. The lowest BCUT2D eigenvalue weighted by molar-refractivity contribution is 0.0977. The van der Waals surface area contributed by atoms with E-state index in [2.05, 4.69) is 27.7 Å². The molecule has 0 saturated carbocycles. The van der Waals surface area contributed by atoms with Gasteiger partial charge in [0.05, 0.1) is 0 Å². The minimum atomic E-state index is -0.206. The molecule has 25 heavy (non-hydrogen) atoms. The van der Waals surface area contributed by atoms with Gasteiger partial charge in [-0.25, -0.2) is 0 Å². The monoisotopic (exact) mass is 353 g/mol. The van der Waals surface area contributed by atoms with E-state index >= 15 is 0 Å². The van der Waals surface area contributed by atoms with Crippen LogP contribution in [0.4, 0.5) is 11.4 Å². The average Bonchev–Trinajstić information content (AvgIpc) is 2.63. The summed E-state index contributed by atoms with van der Waals surface area (Å²) in [6.45, 7) is 4.23. The van der Waals surface area contributed by atoms with Crippen LogP contribution in [0, 0.1) is 6.92 Å². The maximum atomic E-state index is 12.2. The van der Waals surface area contributed by atoms with Crippen LogP contribution in [0.1, 0.15) is 35.2 Å². The number of rotatable bonds is 3. The summed E-state index contributed by atoms with van der Waals surface area (Å²) in [7, 11) is 0. The highest BCUT2D eigenvalue weighted by molar-refractivity contribution is 7.80. The first-order chi connectivity index (χ1) is 12.1. The summed E-state index contributed by atoms with van der Waals surface area (Å²) >= 11 is 5.24. The number of anilines is 2. The Morgan fingerprint density at radius 2 is 1.60 bits per heavy atom. The normalized spacial score (nSPS) is 14.0. The quantitative estimate of drug-likeness (QED) is 0.815. The molecule has 0 aromatic heterocycles. The third-order valence-electron chi connectivity index (χ3n) is 4.39. The minimum Gasteiger partial charge on any atom is -0.372 e. The summed E-state index contributed by atoms with van der Waals surface area (Å²) in [6, 6.07) is 15.6. The molecule has 4 nitrogen and oxygen atoms in total. The number of carbonyl (C=O) groups is 1. The van der Waals surface area contributed by atoms with Gasteiger partial charge in [-0.3, -0.25) is 10.1 Å². The molecule has 1 heterocycles. The average molecular weight is 353 g/mol.